The SMILES string of the molecule is CC(C)(O)C(C)(C)NC(=O)[C@@H]1Cc2ccccc2N1. The van der Waals surface area contributed by atoms with Crippen LogP contribution in [0, 0.1) is 0 Å². The van der Waals surface area contributed by atoms with E-state index in [2.05, 4.69) is 10.6 Å². The molecule has 1 heterocycles. The molecule has 3 N–H and O–H groups in total. The van der Waals surface area contributed by atoms with Crippen LogP contribution in [0.5, 0.6) is 0 Å². The number of hydrogen-bond acceptors (Lipinski definition) is 3. The van der Waals surface area contributed by atoms with Crippen molar-refractivity contribution in [2.75, 3.05) is 5.32 Å². The minimum atomic E-state index is -0.978. The molecule has 0 saturated carbocycles. The summed E-state index contributed by atoms with van der Waals surface area (Å²) in [5.74, 6) is -0.0803. The van der Waals surface area contributed by atoms with Crippen molar-refractivity contribution in [3.63, 3.8) is 0 Å². The number of hydrogen-bond donors (Lipinski definition) is 3. The Balaban J connectivity index is 2.05. The van der Waals surface area contributed by atoms with E-state index >= 15 is 0 Å². The van der Waals surface area contributed by atoms with Crippen LogP contribution in [0.25, 0.3) is 0 Å². The molecule has 0 aromatic heterocycles. The third-order valence-corrected chi connectivity index (χ3v) is 4.05. The van der Waals surface area contributed by atoms with Gasteiger partial charge in [0.1, 0.15) is 6.04 Å². The van der Waals surface area contributed by atoms with Crippen LogP contribution in [0.1, 0.15) is 33.3 Å². The van der Waals surface area contributed by atoms with Crippen molar-refractivity contribution in [3.05, 3.63) is 29.8 Å². The fourth-order valence-corrected chi connectivity index (χ4v) is 2.00. The lowest BCUT2D eigenvalue weighted by atomic mass is 9.85. The number of rotatable bonds is 3. The first-order valence-corrected chi connectivity index (χ1v) is 6.59. The van der Waals surface area contributed by atoms with Crippen molar-refractivity contribution >= 4 is 11.6 Å². The van der Waals surface area contributed by atoms with Gasteiger partial charge in [-0.2, -0.15) is 0 Å². The van der Waals surface area contributed by atoms with Crippen molar-refractivity contribution in [2.45, 2.75) is 51.3 Å². The van der Waals surface area contributed by atoms with Crippen LogP contribution in [0.4, 0.5) is 5.69 Å². The van der Waals surface area contributed by atoms with Crippen LogP contribution >= 0.6 is 0 Å². The van der Waals surface area contributed by atoms with Crippen molar-refractivity contribution in [1.29, 1.82) is 0 Å². The summed E-state index contributed by atoms with van der Waals surface area (Å²) in [6.07, 6.45) is 0.684. The Morgan fingerprint density at radius 3 is 2.53 bits per heavy atom. The van der Waals surface area contributed by atoms with Crippen molar-refractivity contribution in [2.24, 2.45) is 0 Å². The van der Waals surface area contributed by atoms with Crippen LogP contribution in [-0.4, -0.2) is 28.2 Å². The quantitative estimate of drug-likeness (QED) is 0.777. The van der Waals surface area contributed by atoms with Crippen LogP contribution in [0.15, 0.2) is 24.3 Å². The largest absolute Gasteiger partial charge is 0.388 e. The molecule has 1 aromatic rings. The minimum absolute atomic E-state index is 0.0803. The second-order valence-electron chi connectivity index (χ2n) is 6.23. The molecule has 0 spiro atoms. The first-order chi connectivity index (χ1) is 8.71. The Kier molecular flexibility index (Phi) is 3.31. The van der Waals surface area contributed by atoms with E-state index in [1.165, 1.54) is 0 Å². The molecule has 1 atom stereocenters. The molecule has 1 aliphatic rings. The van der Waals surface area contributed by atoms with Crippen molar-refractivity contribution < 1.29 is 9.90 Å². The van der Waals surface area contributed by atoms with Gasteiger partial charge in [-0.1, -0.05) is 18.2 Å². The summed E-state index contributed by atoms with van der Waals surface area (Å²) in [5, 5.41) is 16.2. The highest BCUT2D eigenvalue weighted by Gasteiger charge is 2.38. The molecule has 4 heteroatoms. The van der Waals surface area contributed by atoms with Crippen LogP contribution in [-0.2, 0) is 11.2 Å². The minimum Gasteiger partial charge on any atom is -0.388 e. The van der Waals surface area contributed by atoms with Gasteiger partial charge in [-0.3, -0.25) is 4.79 Å². The Morgan fingerprint density at radius 1 is 1.32 bits per heavy atom. The highest BCUT2D eigenvalue weighted by Crippen LogP contribution is 2.26. The summed E-state index contributed by atoms with van der Waals surface area (Å²) in [7, 11) is 0. The molecule has 0 bridgehead atoms. The smallest absolute Gasteiger partial charge is 0.243 e. The summed E-state index contributed by atoms with van der Waals surface area (Å²) < 4.78 is 0. The monoisotopic (exact) mass is 262 g/mol. The molecule has 0 saturated heterocycles. The van der Waals surface area contributed by atoms with Gasteiger partial charge in [0.05, 0.1) is 11.1 Å². The molecule has 104 valence electrons. The third kappa shape index (κ3) is 2.73. The van der Waals surface area contributed by atoms with E-state index in [1.54, 1.807) is 13.8 Å². The number of nitrogens with one attached hydrogen (secondary N) is 2. The maximum atomic E-state index is 12.3. The second kappa shape index (κ2) is 4.53. The van der Waals surface area contributed by atoms with Gasteiger partial charge in [-0.25, -0.2) is 0 Å². The van der Waals surface area contributed by atoms with Gasteiger partial charge >= 0.3 is 0 Å². The number of fused-ring (bicyclic) bond motifs is 1. The summed E-state index contributed by atoms with van der Waals surface area (Å²) >= 11 is 0. The first kappa shape index (κ1) is 13.9. The standard InChI is InChI=1S/C15H22N2O2/c1-14(2,15(3,4)19)17-13(18)12-9-10-7-5-6-8-11(10)16-12/h5-8,12,16,19H,9H2,1-4H3,(H,17,18)/t12-/m0/s1. The van der Waals surface area contributed by atoms with Gasteiger partial charge < -0.3 is 15.7 Å². The van der Waals surface area contributed by atoms with Gasteiger partial charge in [0.2, 0.25) is 5.91 Å². The lowest BCUT2D eigenvalue weighted by Gasteiger charge is -2.38. The number of para-hydroxylation sites is 1. The summed E-state index contributed by atoms with van der Waals surface area (Å²) in [5.41, 5.74) is 0.515. The molecule has 19 heavy (non-hydrogen) atoms. The number of aliphatic hydroxyl groups is 1. The lowest BCUT2D eigenvalue weighted by Crippen LogP contribution is -2.60. The van der Waals surface area contributed by atoms with E-state index in [-0.39, 0.29) is 11.9 Å². The number of carbonyl (C=O) groups is 1. The summed E-state index contributed by atoms with van der Waals surface area (Å²) in [4.78, 5) is 12.3. The molecule has 1 aliphatic heterocycles. The van der Waals surface area contributed by atoms with Crippen molar-refractivity contribution in [3.8, 4) is 0 Å². The topological polar surface area (TPSA) is 61.4 Å². The van der Waals surface area contributed by atoms with E-state index in [0.29, 0.717) is 6.42 Å². The van der Waals surface area contributed by atoms with E-state index in [9.17, 15) is 9.90 Å². The molecule has 0 unspecified atom stereocenters. The molecular weight excluding hydrogens is 240 g/mol. The lowest BCUT2D eigenvalue weighted by molar-refractivity contribution is -0.126. The van der Waals surface area contributed by atoms with Gasteiger partial charge in [0.15, 0.2) is 0 Å². The highest BCUT2D eigenvalue weighted by atomic mass is 16.3. The zero-order chi connectivity index (χ0) is 14.3. The molecule has 0 fully saturated rings. The molecule has 1 aromatic carbocycles. The highest BCUT2D eigenvalue weighted by molar-refractivity contribution is 5.88. The van der Waals surface area contributed by atoms with Gasteiger partial charge in [0, 0.05) is 12.1 Å². The van der Waals surface area contributed by atoms with Crippen LogP contribution in [0.3, 0.4) is 0 Å². The fourth-order valence-electron chi connectivity index (χ4n) is 2.00. The maximum Gasteiger partial charge on any atom is 0.243 e. The second-order valence-corrected chi connectivity index (χ2v) is 6.23. The Labute approximate surface area is 114 Å². The molecule has 0 aliphatic carbocycles. The van der Waals surface area contributed by atoms with Crippen LogP contribution < -0.4 is 10.6 Å². The summed E-state index contributed by atoms with van der Waals surface area (Å²) in [6, 6.07) is 7.66. The van der Waals surface area contributed by atoms with E-state index in [1.807, 2.05) is 38.1 Å². The summed E-state index contributed by atoms with van der Waals surface area (Å²) in [6.45, 7) is 7.05. The predicted molar refractivity (Wildman–Crippen MR) is 76.1 cm³/mol. The fraction of sp³-hybridized carbons (Fsp3) is 0.533. The molecule has 1 amide bonds. The van der Waals surface area contributed by atoms with E-state index in [0.717, 1.165) is 11.3 Å². The number of anilines is 1. The maximum absolute atomic E-state index is 12.3. The Morgan fingerprint density at radius 2 is 1.95 bits per heavy atom. The van der Waals surface area contributed by atoms with Gasteiger partial charge in [-0.05, 0) is 39.3 Å². The van der Waals surface area contributed by atoms with Crippen LogP contribution in [0.2, 0.25) is 0 Å². The van der Waals surface area contributed by atoms with E-state index < -0.39 is 11.1 Å². The van der Waals surface area contributed by atoms with E-state index in [4.69, 9.17) is 0 Å². The zero-order valence-electron chi connectivity index (χ0n) is 11.9. The average Bonchev–Trinajstić information content (AvgIpc) is 2.70. The average molecular weight is 262 g/mol. The first-order valence-electron chi connectivity index (χ1n) is 6.59. The number of amides is 1. The van der Waals surface area contributed by atoms with Crippen molar-refractivity contribution in [1.82, 2.24) is 5.32 Å². The number of benzene rings is 1. The normalized spacial score (nSPS) is 18.7. The molecule has 0 radical (unpaired) electrons. The Hall–Kier alpha value is -1.55. The number of carbonyl (C=O) groups excluding carboxylic acids is 1. The van der Waals surface area contributed by atoms with Gasteiger partial charge in [-0.15, -0.1) is 0 Å². The third-order valence-electron chi connectivity index (χ3n) is 4.05. The molecule has 2 rings (SSSR count). The Bertz CT molecular complexity index is 464. The van der Waals surface area contributed by atoms with Gasteiger partial charge in [0.25, 0.3) is 0 Å². The zero-order valence-corrected chi connectivity index (χ0v) is 11.9. The predicted octanol–water partition coefficient (Wildman–Crippen LogP) is 1.69. The molecular formula is C15H22N2O2. The molecule has 4 nitrogen and oxygen atoms in total.